The number of hydrogen-bond acceptors (Lipinski definition) is 6. The lowest BCUT2D eigenvalue weighted by molar-refractivity contribution is -0.117. The molecular formula is C18H20N4O3S. The fourth-order valence-electron chi connectivity index (χ4n) is 2.87. The van der Waals surface area contributed by atoms with Crippen LogP contribution in [0.2, 0.25) is 0 Å². The number of carbonyl (C=O) groups is 2. The van der Waals surface area contributed by atoms with E-state index in [2.05, 4.69) is 20.1 Å². The molecule has 136 valence electrons. The number of hydrogen-bond donors (Lipinski definition) is 1. The van der Waals surface area contributed by atoms with Gasteiger partial charge in [-0.15, -0.1) is 10.2 Å². The predicted molar refractivity (Wildman–Crippen MR) is 96.5 cm³/mol. The molecule has 0 saturated heterocycles. The number of thioether (sulfide) groups is 1. The zero-order valence-electron chi connectivity index (χ0n) is 14.5. The third-order valence-corrected chi connectivity index (χ3v) is 5.43. The summed E-state index contributed by atoms with van der Waals surface area (Å²) in [5.74, 6) is 1.32. The number of ether oxygens (including phenoxy) is 1. The van der Waals surface area contributed by atoms with Crippen LogP contribution in [0.1, 0.15) is 53.8 Å². The van der Waals surface area contributed by atoms with Crippen LogP contribution in [0.4, 0.5) is 0 Å². The molecule has 1 N–H and O–H groups in total. The Morgan fingerprint density at radius 1 is 1.23 bits per heavy atom. The van der Waals surface area contributed by atoms with E-state index >= 15 is 0 Å². The summed E-state index contributed by atoms with van der Waals surface area (Å²) in [6, 6.07) is 7.29. The van der Waals surface area contributed by atoms with Crippen LogP contribution in [-0.2, 0) is 4.79 Å². The number of para-hydroxylation sites is 1. The largest absolute Gasteiger partial charge is 0.496 e. The first-order valence-electron chi connectivity index (χ1n) is 8.72. The summed E-state index contributed by atoms with van der Waals surface area (Å²) in [5.41, 5.74) is 0.338. The van der Waals surface area contributed by atoms with E-state index in [0.717, 1.165) is 23.8 Å². The molecule has 7 nitrogen and oxygen atoms in total. The molecule has 1 heterocycles. The molecule has 0 unspecified atom stereocenters. The Morgan fingerprint density at radius 2 is 2.00 bits per heavy atom. The quantitative estimate of drug-likeness (QED) is 0.752. The van der Waals surface area contributed by atoms with Crippen LogP contribution in [-0.4, -0.2) is 39.4 Å². The first-order valence-corrected chi connectivity index (χ1v) is 9.70. The van der Waals surface area contributed by atoms with Gasteiger partial charge in [0.05, 0.1) is 18.4 Å². The van der Waals surface area contributed by atoms with Crippen molar-refractivity contribution in [1.29, 1.82) is 0 Å². The molecule has 0 radical (unpaired) electrons. The number of carbonyl (C=O) groups excluding carboxylic acids is 2. The Morgan fingerprint density at radius 3 is 2.69 bits per heavy atom. The number of methoxy groups -OCH3 is 1. The Labute approximate surface area is 155 Å². The van der Waals surface area contributed by atoms with Gasteiger partial charge in [-0.05, 0) is 37.8 Å². The van der Waals surface area contributed by atoms with Crippen molar-refractivity contribution < 1.29 is 14.3 Å². The average molecular weight is 372 g/mol. The van der Waals surface area contributed by atoms with Gasteiger partial charge in [0.15, 0.2) is 5.16 Å². The van der Waals surface area contributed by atoms with Crippen molar-refractivity contribution in [3.05, 3.63) is 35.7 Å². The fourth-order valence-corrected chi connectivity index (χ4v) is 3.69. The summed E-state index contributed by atoms with van der Waals surface area (Å²) in [4.78, 5) is 24.5. The van der Waals surface area contributed by atoms with Gasteiger partial charge in [-0.2, -0.15) is 0 Å². The van der Waals surface area contributed by atoms with Crippen molar-refractivity contribution in [1.82, 2.24) is 20.1 Å². The molecule has 2 saturated carbocycles. The second-order valence-electron chi connectivity index (χ2n) is 6.58. The first-order chi connectivity index (χ1) is 12.7. The van der Waals surface area contributed by atoms with Crippen LogP contribution >= 0.6 is 11.8 Å². The van der Waals surface area contributed by atoms with Gasteiger partial charge in [0.1, 0.15) is 11.6 Å². The zero-order chi connectivity index (χ0) is 18.1. The van der Waals surface area contributed by atoms with E-state index < -0.39 is 5.91 Å². The predicted octanol–water partition coefficient (Wildman–Crippen LogP) is 2.55. The van der Waals surface area contributed by atoms with E-state index in [4.69, 9.17) is 4.74 Å². The van der Waals surface area contributed by atoms with Crippen LogP contribution in [0, 0.1) is 0 Å². The van der Waals surface area contributed by atoms with Crippen LogP contribution in [0.15, 0.2) is 29.4 Å². The molecule has 0 bridgehead atoms. The van der Waals surface area contributed by atoms with Crippen LogP contribution in [0.25, 0.3) is 0 Å². The lowest BCUT2D eigenvalue weighted by atomic mass is 10.2. The van der Waals surface area contributed by atoms with Gasteiger partial charge in [0.2, 0.25) is 5.91 Å². The van der Waals surface area contributed by atoms with Crippen molar-refractivity contribution in [2.24, 2.45) is 0 Å². The van der Waals surface area contributed by atoms with Crippen LogP contribution in [0.3, 0.4) is 0 Å². The SMILES string of the molecule is COc1ccccc1C(=O)NC(=O)CSc1nnc(C2CC2)n1C1CC1. The number of nitrogens with zero attached hydrogens (tertiary/aromatic N) is 3. The minimum Gasteiger partial charge on any atom is -0.496 e. The highest BCUT2D eigenvalue weighted by molar-refractivity contribution is 7.99. The van der Waals surface area contributed by atoms with Crippen molar-refractivity contribution in [2.75, 3.05) is 12.9 Å². The minimum atomic E-state index is -0.463. The van der Waals surface area contributed by atoms with Gasteiger partial charge >= 0.3 is 0 Å². The molecule has 26 heavy (non-hydrogen) atoms. The number of imide groups is 1. The van der Waals surface area contributed by atoms with Gasteiger partial charge in [0, 0.05) is 12.0 Å². The Hall–Kier alpha value is -2.35. The zero-order valence-corrected chi connectivity index (χ0v) is 15.3. The van der Waals surface area contributed by atoms with Crippen molar-refractivity contribution in [2.45, 2.75) is 42.8 Å². The van der Waals surface area contributed by atoms with Crippen molar-refractivity contribution >= 4 is 23.6 Å². The normalized spacial score (nSPS) is 16.3. The van der Waals surface area contributed by atoms with E-state index in [0.29, 0.717) is 23.3 Å². The fraction of sp³-hybridized carbons (Fsp3) is 0.444. The molecule has 8 heteroatoms. The van der Waals surface area contributed by atoms with Gasteiger partial charge in [-0.25, -0.2) is 0 Å². The highest BCUT2D eigenvalue weighted by atomic mass is 32.2. The molecule has 0 aliphatic heterocycles. The average Bonchev–Trinajstić information content (AvgIpc) is 3.58. The third kappa shape index (κ3) is 3.60. The van der Waals surface area contributed by atoms with Crippen molar-refractivity contribution in [3.8, 4) is 5.75 Å². The summed E-state index contributed by atoms with van der Waals surface area (Å²) in [7, 11) is 1.49. The van der Waals surface area contributed by atoms with Crippen LogP contribution < -0.4 is 10.1 Å². The van der Waals surface area contributed by atoms with Gasteiger partial charge in [-0.3, -0.25) is 14.9 Å². The van der Waals surface area contributed by atoms with Gasteiger partial charge in [0.25, 0.3) is 5.91 Å². The van der Waals surface area contributed by atoms with E-state index in [-0.39, 0.29) is 11.7 Å². The van der Waals surface area contributed by atoms with E-state index in [1.54, 1.807) is 24.3 Å². The molecule has 2 aliphatic carbocycles. The number of nitrogens with one attached hydrogen (secondary N) is 1. The molecule has 2 aromatic rings. The van der Waals surface area contributed by atoms with Gasteiger partial charge in [-0.1, -0.05) is 23.9 Å². The molecule has 0 atom stereocenters. The molecule has 2 amide bonds. The lowest BCUT2D eigenvalue weighted by Crippen LogP contribution is -2.32. The maximum atomic E-state index is 12.3. The van der Waals surface area contributed by atoms with E-state index in [1.165, 1.54) is 31.7 Å². The summed E-state index contributed by atoms with van der Waals surface area (Å²) >= 11 is 1.33. The molecule has 1 aromatic carbocycles. The Bertz CT molecular complexity index is 843. The topological polar surface area (TPSA) is 86.1 Å². The number of benzene rings is 1. The summed E-state index contributed by atoms with van der Waals surface area (Å²) in [6.07, 6.45) is 4.63. The van der Waals surface area contributed by atoms with E-state index in [1.807, 2.05) is 0 Å². The highest BCUT2D eigenvalue weighted by Crippen LogP contribution is 2.45. The molecule has 2 aliphatic rings. The standard InChI is InChI=1S/C18H20N4O3S/c1-25-14-5-3-2-4-13(14)17(24)19-15(23)10-26-18-21-20-16(11-6-7-11)22(18)12-8-9-12/h2-5,11-12H,6-10H2,1H3,(H,19,23,24). The summed E-state index contributed by atoms with van der Waals surface area (Å²) in [5, 5.41) is 11.8. The minimum absolute atomic E-state index is 0.121. The molecule has 1 aromatic heterocycles. The summed E-state index contributed by atoms with van der Waals surface area (Å²) in [6.45, 7) is 0. The number of aromatic nitrogens is 3. The van der Waals surface area contributed by atoms with Crippen molar-refractivity contribution in [3.63, 3.8) is 0 Å². The maximum Gasteiger partial charge on any atom is 0.261 e. The monoisotopic (exact) mass is 372 g/mol. The Balaban J connectivity index is 1.38. The van der Waals surface area contributed by atoms with Crippen LogP contribution in [0.5, 0.6) is 5.75 Å². The first kappa shape index (κ1) is 17.1. The second kappa shape index (κ2) is 7.11. The second-order valence-corrected chi connectivity index (χ2v) is 7.52. The smallest absolute Gasteiger partial charge is 0.261 e. The summed E-state index contributed by atoms with van der Waals surface area (Å²) < 4.78 is 7.35. The molecule has 0 spiro atoms. The molecular weight excluding hydrogens is 352 g/mol. The lowest BCUT2D eigenvalue weighted by Gasteiger charge is -2.09. The molecule has 4 rings (SSSR count). The maximum absolute atomic E-state index is 12.3. The molecule has 2 fully saturated rings. The third-order valence-electron chi connectivity index (χ3n) is 4.48. The van der Waals surface area contributed by atoms with E-state index in [9.17, 15) is 9.59 Å². The Kier molecular flexibility index (Phi) is 4.67. The number of amides is 2. The number of rotatable bonds is 7. The highest BCUT2D eigenvalue weighted by Gasteiger charge is 2.36. The van der Waals surface area contributed by atoms with Gasteiger partial charge < -0.3 is 9.30 Å².